The highest BCUT2D eigenvalue weighted by Gasteiger charge is 2.32. The van der Waals surface area contributed by atoms with Crippen LogP contribution in [0.5, 0.6) is 0 Å². The standard InChI is InChI=1S/C16H11Cl2N3O2S3/c17-10-2-1-9(11(18)8-10)7-12-14(23)21(16(24)26-12)5-3-13(22)20-15-19-4-6-25-15/h1-2,4,6-8H,3,5H2,(H,19,20,22)/b12-7-. The number of thiazole rings is 1. The maximum atomic E-state index is 12.6. The molecule has 1 aliphatic rings. The van der Waals surface area contributed by atoms with Gasteiger partial charge < -0.3 is 5.32 Å². The van der Waals surface area contributed by atoms with Gasteiger partial charge >= 0.3 is 0 Å². The number of aromatic nitrogens is 1. The fourth-order valence-electron chi connectivity index (χ4n) is 2.13. The summed E-state index contributed by atoms with van der Waals surface area (Å²) in [5, 5.41) is 5.94. The molecule has 2 amide bonds. The highest BCUT2D eigenvalue weighted by Crippen LogP contribution is 2.34. The maximum Gasteiger partial charge on any atom is 0.266 e. The minimum Gasteiger partial charge on any atom is -0.302 e. The maximum absolute atomic E-state index is 12.6. The average Bonchev–Trinajstić information content (AvgIpc) is 3.17. The lowest BCUT2D eigenvalue weighted by molar-refractivity contribution is -0.122. The van der Waals surface area contributed by atoms with Gasteiger partial charge in [0, 0.05) is 34.6 Å². The third-order valence-electron chi connectivity index (χ3n) is 3.36. The van der Waals surface area contributed by atoms with Crippen molar-refractivity contribution in [2.24, 2.45) is 0 Å². The predicted molar refractivity (Wildman–Crippen MR) is 112 cm³/mol. The van der Waals surface area contributed by atoms with E-state index in [4.69, 9.17) is 35.4 Å². The second kappa shape index (κ2) is 8.49. The zero-order valence-corrected chi connectivity index (χ0v) is 17.0. The molecule has 0 spiro atoms. The van der Waals surface area contributed by atoms with Gasteiger partial charge in [-0.05, 0) is 23.8 Å². The molecule has 0 aliphatic carbocycles. The molecule has 2 aromatic rings. The highest BCUT2D eigenvalue weighted by atomic mass is 35.5. The second-order valence-corrected chi connectivity index (χ2v) is 8.55. The van der Waals surface area contributed by atoms with Crippen LogP contribution in [0.15, 0.2) is 34.7 Å². The second-order valence-electron chi connectivity index (χ2n) is 5.13. The molecule has 0 saturated carbocycles. The van der Waals surface area contributed by atoms with Gasteiger partial charge in [-0.1, -0.05) is 53.2 Å². The summed E-state index contributed by atoms with van der Waals surface area (Å²) < 4.78 is 0.411. The third kappa shape index (κ3) is 4.63. The Bertz CT molecular complexity index is 900. The lowest BCUT2D eigenvalue weighted by Crippen LogP contribution is -2.31. The van der Waals surface area contributed by atoms with E-state index in [2.05, 4.69) is 10.3 Å². The summed E-state index contributed by atoms with van der Waals surface area (Å²) in [6.07, 6.45) is 3.41. The lowest BCUT2D eigenvalue weighted by atomic mass is 10.2. The number of hydrogen-bond acceptors (Lipinski definition) is 6. The van der Waals surface area contributed by atoms with E-state index in [1.54, 1.807) is 35.9 Å². The molecule has 1 N–H and O–H groups in total. The largest absolute Gasteiger partial charge is 0.302 e. The number of carbonyl (C=O) groups is 2. The molecule has 0 radical (unpaired) electrons. The fraction of sp³-hybridized carbons (Fsp3) is 0.125. The first kappa shape index (κ1) is 19.3. The van der Waals surface area contributed by atoms with Crippen LogP contribution >= 0.6 is 58.5 Å². The normalized spacial score (nSPS) is 15.8. The number of nitrogens with zero attached hydrogens (tertiary/aromatic N) is 2. The molecule has 1 fully saturated rings. The predicted octanol–water partition coefficient (Wildman–Crippen LogP) is 4.68. The van der Waals surface area contributed by atoms with Crippen LogP contribution in [0.4, 0.5) is 5.13 Å². The van der Waals surface area contributed by atoms with Crippen molar-refractivity contribution in [1.82, 2.24) is 9.88 Å². The van der Waals surface area contributed by atoms with Crippen molar-refractivity contribution in [3.05, 3.63) is 50.3 Å². The van der Waals surface area contributed by atoms with Crippen molar-refractivity contribution >= 4 is 85.9 Å². The summed E-state index contributed by atoms with van der Waals surface area (Å²) in [5.74, 6) is -0.466. The van der Waals surface area contributed by atoms with Gasteiger partial charge in [0.25, 0.3) is 5.91 Å². The van der Waals surface area contributed by atoms with E-state index in [-0.39, 0.29) is 24.8 Å². The van der Waals surface area contributed by atoms with Gasteiger partial charge in [-0.25, -0.2) is 4.98 Å². The number of halogens is 2. The number of thiocarbonyl (C=S) groups is 1. The van der Waals surface area contributed by atoms with Crippen LogP contribution in [0.1, 0.15) is 12.0 Å². The van der Waals surface area contributed by atoms with E-state index in [1.807, 2.05) is 0 Å². The first-order valence-electron chi connectivity index (χ1n) is 7.34. The van der Waals surface area contributed by atoms with Gasteiger partial charge in [0.1, 0.15) is 4.32 Å². The zero-order chi connectivity index (χ0) is 18.7. The number of rotatable bonds is 5. The molecule has 0 unspecified atom stereocenters. The molecule has 3 rings (SSSR count). The highest BCUT2D eigenvalue weighted by molar-refractivity contribution is 8.26. The van der Waals surface area contributed by atoms with Crippen molar-refractivity contribution in [3.63, 3.8) is 0 Å². The Morgan fingerprint density at radius 3 is 2.88 bits per heavy atom. The van der Waals surface area contributed by atoms with E-state index >= 15 is 0 Å². The molecular formula is C16H11Cl2N3O2S3. The van der Waals surface area contributed by atoms with Crippen LogP contribution in [0, 0.1) is 0 Å². The van der Waals surface area contributed by atoms with Gasteiger partial charge in [0.15, 0.2) is 5.13 Å². The number of anilines is 1. The molecule has 26 heavy (non-hydrogen) atoms. The Balaban J connectivity index is 1.65. The molecule has 1 aliphatic heterocycles. The third-order valence-corrected chi connectivity index (χ3v) is 5.99. The molecule has 5 nitrogen and oxygen atoms in total. The van der Waals surface area contributed by atoms with Gasteiger partial charge in [-0.2, -0.15) is 0 Å². The minimum atomic E-state index is -0.243. The Labute approximate surface area is 173 Å². The van der Waals surface area contributed by atoms with Crippen LogP contribution in [0.2, 0.25) is 10.0 Å². The fourth-order valence-corrected chi connectivity index (χ4v) is 4.44. The molecule has 1 saturated heterocycles. The average molecular weight is 444 g/mol. The number of carbonyl (C=O) groups excluding carboxylic acids is 2. The van der Waals surface area contributed by atoms with Crippen molar-refractivity contribution in [2.45, 2.75) is 6.42 Å². The van der Waals surface area contributed by atoms with Crippen LogP contribution < -0.4 is 5.32 Å². The summed E-state index contributed by atoms with van der Waals surface area (Å²) in [6.45, 7) is 0.202. The Morgan fingerprint density at radius 1 is 1.38 bits per heavy atom. The van der Waals surface area contributed by atoms with Gasteiger partial charge in [-0.3, -0.25) is 14.5 Å². The number of amides is 2. The van der Waals surface area contributed by atoms with E-state index in [9.17, 15) is 9.59 Å². The molecule has 10 heteroatoms. The molecular weight excluding hydrogens is 433 g/mol. The van der Waals surface area contributed by atoms with E-state index in [0.717, 1.165) is 0 Å². The quantitative estimate of drug-likeness (QED) is 0.536. The monoisotopic (exact) mass is 443 g/mol. The Hall–Kier alpha value is -1.45. The Morgan fingerprint density at radius 2 is 2.19 bits per heavy atom. The molecule has 0 bridgehead atoms. The van der Waals surface area contributed by atoms with E-state index < -0.39 is 0 Å². The summed E-state index contributed by atoms with van der Waals surface area (Å²) in [7, 11) is 0. The van der Waals surface area contributed by atoms with Crippen molar-refractivity contribution < 1.29 is 9.59 Å². The van der Waals surface area contributed by atoms with Crippen LogP contribution in [-0.4, -0.2) is 32.6 Å². The van der Waals surface area contributed by atoms with E-state index in [1.165, 1.54) is 28.0 Å². The van der Waals surface area contributed by atoms with Crippen LogP contribution in [-0.2, 0) is 9.59 Å². The van der Waals surface area contributed by atoms with E-state index in [0.29, 0.717) is 30.0 Å². The summed E-state index contributed by atoms with van der Waals surface area (Å²) in [5.41, 5.74) is 0.679. The molecule has 2 heterocycles. The van der Waals surface area contributed by atoms with Crippen molar-refractivity contribution in [1.29, 1.82) is 0 Å². The lowest BCUT2D eigenvalue weighted by Gasteiger charge is -2.13. The molecule has 134 valence electrons. The smallest absolute Gasteiger partial charge is 0.266 e. The van der Waals surface area contributed by atoms with Crippen LogP contribution in [0.25, 0.3) is 6.08 Å². The van der Waals surface area contributed by atoms with Gasteiger partial charge in [0.2, 0.25) is 5.91 Å². The van der Waals surface area contributed by atoms with Crippen molar-refractivity contribution in [3.8, 4) is 0 Å². The molecule has 0 atom stereocenters. The molecule has 1 aromatic carbocycles. The number of benzene rings is 1. The van der Waals surface area contributed by atoms with Gasteiger partial charge in [0.05, 0.1) is 4.91 Å². The number of thioether (sulfide) groups is 1. The first-order chi connectivity index (χ1) is 12.4. The molecule has 1 aromatic heterocycles. The summed E-state index contributed by atoms with van der Waals surface area (Å²) in [6, 6.07) is 5.04. The SMILES string of the molecule is O=C(CCN1C(=O)/C(=C/c2ccc(Cl)cc2Cl)SC1=S)Nc1nccs1. The van der Waals surface area contributed by atoms with Gasteiger partial charge in [-0.15, -0.1) is 11.3 Å². The zero-order valence-electron chi connectivity index (χ0n) is 13.1. The first-order valence-corrected chi connectivity index (χ1v) is 10.2. The number of nitrogens with one attached hydrogen (secondary N) is 1. The van der Waals surface area contributed by atoms with Crippen molar-refractivity contribution in [2.75, 3.05) is 11.9 Å². The minimum absolute atomic E-state index is 0.126. The number of hydrogen-bond donors (Lipinski definition) is 1. The van der Waals surface area contributed by atoms with Crippen LogP contribution in [0.3, 0.4) is 0 Å². The topological polar surface area (TPSA) is 62.3 Å². The Kier molecular flexibility index (Phi) is 6.31. The summed E-state index contributed by atoms with van der Waals surface area (Å²) >= 11 is 19.8. The summed E-state index contributed by atoms with van der Waals surface area (Å²) in [4.78, 5) is 30.4.